The van der Waals surface area contributed by atoms with Crippen molar-refractivity contribution in [3.8, 4) is 17.3 Å². The zero-order valence-corrected chi connectivity index (χ0v) is 23.9. The average Bonchev–Trinajstić information content (AvgIpc) is 3.45. The normalized spacial score (nSPS) is 18.9. The molecule has 1 N–H and O–H groups in total. The molecular weight excluding hydrogens is 556 g/mol. The van der Waals surface area contributed by atoms with Gasteiger partial charge in [0.2, 0.25) is 0 Å². The number of nitrogens with zero attached hydrogens (tertiary/aromatic N) is 5. The summed E-state index contributed by atoms with van der Waals surface area (Å²) < 4.78 is 70.2. The van der Waals surface area contributed by atoms with E-state index in [2.05, 4.69) is 20.5 Å². The molecule has 0 radical (unpaired) electrons. The lowest BCUT2D eigenvalue weighted by atomic mass is 10.0. The molecule has 1 aliphatic heterocycles. The molecule has 0 bridgehead atoms. The summed E-state index contributed by atoms with van der Waals surface area (Å²) in [5.41, 5.74) is -0.539. The predicted octanol–water partition coefficient (Wildman–Crippen LogP) is 6.07. The number of benzene rings is 1. The van der Waals surface area contributed by atoms with Gasteiger partial charge in [-0.25, -0.2) is 14.2 Å². The van der Waals surface area contributed by atoms with Gasteiger partial charge in [-0.2, -0.15) is 13.2 Å². The number of hydrogen-bond acceptors (Lipinski definition) is 7. The number of alkyl carbamates (subject to hydrolysis) is 1. The number of carbonyl (C=O) groups is 1. The number of pyridine rings is 2. The van der Waals surface area contributed by atoms with Crippen LogP contribution >= 0.6 is 0 Å². The number of halogens is 4. The molecule has 1 saturated heterocycles. The molecule has 1 fully saturated rings. The summed E-state index contributed by atoms with van der Waals surface area (Å²) >= 11 is 0. The van der Waals surface area contributed by atoms with Gasteiger partial charge >= 0.3 is 12.3 Å². The maximum atomic E-state index is 14.6. The topological polar surface area (TPSA) is 93.9 Å². The van der Waals surface area contributed by atoms with E-state index in [-0.39, 0.29) is 36.8 Å². The number of nitrogens with one attached hydrogen (secondary N) is 1. The van der Waals surface area contributed by atoms with Crippen LogP contribution < -0.4 is 10.1 Å². The van der Waals surface area contributed by atoms with Gasteiger partial charge < -0.3 is 14.8 Å². The summed E-state index contributed by atoms with van der Waals surface area (Å²) in [5, 5.41) is 11.6. The molecule has 0 saturated carbocycles. The van der Waals surface area contributed by atoms with Crippen molar-refractivity contribution >= 4 is 22.6 Å². The summed E-state index contributed by atoms with van der Waals surface area (Å²) in [4.78, 5) is 18.3. The van der Waals surface area contributed by atoms with E-state index < -0.39 is 35.3 Å². The molecule has 0 spiro atoms. The van der Waals surface area contributed by atoms with Crippen molar-refractivity contribution < 1.29 is 31.8 Å². The van der Waals surface area contributed by atoms with E-state index in [1.165, 1.54) is 39.8 Å². The second-order valence-corrected chi connectivity index (χ2v) is 11.7. The zero-order valence-electron chi connectivity index (χ0n) is 23.9. The maximum Gasteiger partial charge on any atom is 0.408 e. The summed E-state index contributed by atoms with van der Waals surface area (Å²) in [5.74, 6) is -0.237. The Bertz CT molecular complexity index is 1630. The van der Waals surface area contributed by atoms with Crippen molar-refractivity contribution in [1.29, 1.82) is 0 Å². The largest absolute Gasteiger partial charge is 0.491 e. The highest BCUT2D eigenvalue weighted by molar-refractivity contribution is 5.82. The molecule has 224 valence electrons. The van der Waals surface area contributed by atoms with Crippen LogP contribution in [0, 0.1) is 5.82 Å². The first kappa shape index (κ1) is 29.5. The highest BCUT2D eigenvalue weighted by Crippen LogP contribution is 2.41. The van der Waals surface area contributed by atoms with Crippen molar-refractivity contribution in [3.05, 3.63) is 54.0 Å². The van der Waals surface area contributed by atoms with E-state index in [0.717, 1.165) is 0 Å². The van der Waals surface area contributed by atoms with Gasteiger partial charge in [0.05, 0.1) is 17.7 Å². The monoisotopic (exact) mass is 588 g/mol. The smallest absolute Gasteiger partial charge is 0.408 e. The van der Waals surface area contributed by atoms with E-state index in [9.17, 15) is 22.4 Å². The van der Waals surface area contributed by atoms with E-state index in [1.807, 2.05) is 0 Å². The average molecular weight is 589 g/mol. The lowest BCUT2D eigenvalue weighted by Gasteiger charge is -2.32. The molecule has 0 unspecified atom stereocenters. The lowest BCUT2D eigenvalue weighted by molar-refractivity contribution is -0.184. The van der Waals surface area contributed by atoms with Crippen LogP contribution in [-0.2, 0) is 4.74 Å². The van der Waals surface area contributed by atoms with Gasteiger partial charge in [-0.05, 0) is 64.8 Å². The first-order chi connectivity index (χ1) is 19.7. The van der Waals surface area contributed by atoms with Crippen LogP contribution in [0.4, 0.5) is 22.4 Å². The number of ether oxygens (including phenoxy) is 2. The molecule has 2 atom stereocenters. The van der Waals surface area contributed by atoms with Crippen molar-refractivity contribution in [2.45, 2.75) is 64.4 Å². The van der Waals surface area contributed by atoms with Crippen LogP contribution in [-0.4, -0.2) is 67.6 Å². The third-order valence-electron chi connectivity index (χ3n) is 6.99. The fourth-order valence-corrected chi connectivity index (χ4v) is 5.23. The second kappa shape index (κ2) is 10.7. The Kier molecular flexibility index (Phi) is 7.50. The van der Waals surface area contributed by atoms with Crippen LogP contribution in [0.15, 0.2) is 42.6 Å². The zero-order chi connectivity index (χ0) is 30.4. The summed E-state index contributed by atoms with van der Waals surface area (Å²) in [6.07, 6.45) is -3.61. The van der Waals surface area contributed by atoms with Crippen molar-refractivity contribution in [1.82, 2.24) is 29.8 Å². The number of alkyl halides is 3. The number of rotatable bonds is 6. The van der Waals surface area contributed by atoms with Gasteiger partial charge in [0.25, 0.3) is 0 Å². The van der Waals surface area contributed by atoms with Crippen LogP contribution in [0.5, 0.6) is 5.75 Å². The number of hydrogen-bond donors (Lipinski definition) is 1. The molecule has 4 aromatic rings. The first-order valence-electron chi connectivity index (χ1n) is 13.6. The number of amides is 1. The van der Waals surface area contributed by atoms with Gasteiger partial charge in [-0.1, -0.05) is 12.1 Å². The quantitative estimate of drug-likeness (QED) is 0.273. The molecule has 42 heavy (non-hydrogen) atoms. The SMILES string of the molecule is CCOc1cc2nc(-c3nnc4ccc([C@H](N5CC[C@](C)(NC(=O)OC(C)(C)C)C5)C(F)(F)F)cn34)ccc2cc1F. The highest BCUT2D eigenvalue weighted by atomic mass is 19.4. The number of aromatic nitrogens is 4. The van der Waals surface area contributed by atoms with E-state index in [0.29, 0.717) is 28.7 Å². The molecule has 1 amide bonds. The minimum absolute atomic E-state index is 0.0148. The molecule has 1 aliphatic rings. The Hall–Kier alpha value is -4.00. The molecule has 1 aromatic carbocycles. The molecule has 5 rings (SSSR count). The van der Waals surface area contributed by atoms with Crippen LogP contribution in [0.25, 0.3) is 28.1 Å². The van der Waals surface area contributed by atoms with E-state index in [1.54, 1.807) is 46.8 Å². The van der Waals surface area contributed by atoms with Gasteiger partial charge in [0.1, 0.15) is 17.3 Å². The molecule has 3 aromatic heterocycles. The minimum Gasteiger partial charge on any atom is -0.491 e. The third kappa shape index (κ3) is 6.10. The fraction of sp³-hybridized carbons (Fsp3) is 0.448. The van der Waals surface area contributed by atoms with Gasteiger partial charge in [-0.3, -0.25) is 9.30 Å². The molecular formula is C29H32F4N6O3. The molecule has 9 nitrogen and oxygen atoms in total. The Labute approximate surface area is 239 Å². The number of likely N-dealkylation sites (tertiary alicyclic amines) is 1. The van der Waals surface area contributed by atoms with E-state index >= 15 is 0 Å². The number of carbonyl (C=O) groups excluding carboxylic acids is 1. The second-order valence-electron chi connectivity index (χ2n) is 11.7. The lowest BCUT2D eigenvalue weighted by Crippen LogP contribution is -2.50. The first-order valence-corrected chi connectivity index (χ1v) is 13.6. The van der Waals surface area contributed by atoms with Crippen molar-refractivity contribution in [3.63, 3.8) is 0 Å². The minimum atomic E-state index is -4.61. The Morgan fingerprint density at radius 1 is 1.14 bits per heavy atom. The Morgan fingerprint density at radius 3 is 2.60 bits per heavy atom. The number of fused-ring (bicyclic) bond motifs is 2. The van der Waals surface area contributed by atoms with Crippen LogP contribution in [0.3, 0.4) is 0 Å². The van der Waals surface area contributed by atoms with Crippen molar-refractivity contribution in [2.24, 2.45) is 0 Å². The highest BCUT2D eigenvalue weighted by Gasteiger charge is 2.49. The summed E-state index contributed by atoms with van der Waals surface area (Å²) in [6.45, 7) is 8.94. The van der Waals surface area contributed by atoms with Gasteiger partial charge in [0, 0.05) is 30.7 Å². The molecule has 4 heterocycles. The predicted molar refractivity (Wildman–Crippen MR) is 148 cm³/mol. The third-order valence-corrected chi connectivity index (χ3v) is 6.99. The van der Waals surface area contributed by atoms with Gasteiger partial charge in [-0.15, -0.1) is 10.2 Å². The van der Waals surface area contributed by atoms with Gasteiger partial charge in [0.15, 0.2) is 23.0 Å². The molecule has 0 aliphatic carbocycles. The van der Waals surface area contributed by atoms with Crippen LogP contribution in [0.1, 0.15) is 52.6 Å². The standard InChI is InChI=1S/C29H32F4N6O3/c1-6-41-22-14-21-17(13-19(22)30)7-9-20(34-21)25-37-36-23-10-8-18(15-39(23)25)24(29(31,32)33)38-12-11-28(5,16-38)35-26(40)42-27(2,3)4/h7-10,13-15,24H,6,11-12,16H2,1-5H3,(H,35,40)/t24-,28-/m0/s1. The van der Waals surface area contributed by atoms with Crippen LogP contribution in [0.2, 0.25) is 0 Å². The fourth-order valence-electron chi connectivity index (χ4n) is 5.23. The maximum absolute atomic E-state index is 14.6. The molecule has 13 heteroatoms. The Balaban J connectivity index is 1.47. The summed E-state index contributed by atoms with van der Waals surface area (Å²) in [6, 6.07) is 6.97. The van der Waals surface area contributed by atoms with Crippen molar-refractivity contribution in [2.75, 3.05) is 19.7 Å². The van der Waals surface area contributed by atoms with E-state index in [4.69, 9.17) is 9.47 Å². The summed E-state index contributed by atoms with van der Waals surface area (Å²) in [7, 11) is 0. The Morgan fingerprint density at radius 2 is 1.90 bits per heavy atom.